The summed E-state index contributed by atoms with van der Waals surface area (Å²) in [5.74, 6) is 0.616. The van der Waals surface area contributed by atoms with Crippen LogP contribution < -0.4 is 9.64 Å². The summed E-state index contributed by atoms with van der Waals surface area (Å²) in [4.78, 5) is 16.2. The van der Waals surface area contributed by atoms with Gasteiger partial charge in [0.05, 0.1) is 21.1 Å². The predicted molar refractivity (Wildman–Crippen MR) is 96.6 cm³/mol. The number of anilines is 1. The zero-order chi connectivity index (χ0) is 19.6. The first-order valence-electron chi connectivity index (χ1n) is 8.91. The van der Waals surface area contributed by atoms with Crippen LogP contribution in [-0.2, 0) is 9.47 Å². The van der Waals surface area contributed by atoms with Crippen molar-refractivity contribution in [1.29, 1.82) is 0 Å². The van der Waals surface area contributed by atoms with Crippen LogP contribution in [0.5, 0.6) is 5.75 Å². The van der Waals surface area contributed by atoms with Gasteiger partial charge in [0.2, 0.25) is 0 Å². The highest BCUT2D eigenvalue weighted by molar-refractivity contribution is 6.18. The maximum atomic E-state index is 12.5. The third-order valence-corrected chi connectivity index (χ3v) is 5.51. The van der Waals surface area contributed by atoms with E-state index in [1.54, 1.807) is 17.0 Å². The highest BCUT2D eigenvalue weighted by Gasteiger charge is 2.47. The molecule has 0 bridgehead atoms. The molecule has 0 saturated carbocycles. The quantitative estimate of drug-likeness (QED) is 0.638. The number of amides is 1. The Kier molecular flexibility index (Phi) is 4.19. The molecule has 1 fully saturated rings. The first-order valence-corrected chi connectivity index (χ1v) is 9.41. The van der Waals surface area contributed by atoms with Crippen LogP contribution in [0.4, 0.5) is 10.5 Å². The Bertz CT molecular complexity index is 782. The van der Waals surface area contributed by atoms with Crippen molar-refractivity contribution in [2.24, 2.45) is 0 Å². The summed E-state index contributed by atoms with van der Waals surface area (Å²) in [6.07, 6.45) is -2.77. The minimum absolute atomic E-state index is 0.314. The van der Waals surface area contributed by atoms with Gasteiger partial charge in [0.15, 0.2) is 12.6 Å². The Morgan fingerprint density at radius 1 is 1.30 bits per heavy atom. The minimum Gasteiger partial charge on any atom is -0.489 e. The molecule has 1 saturated heterocycles. The summed E-state index contributed by atoms with van der Waals surface area (Å²) >= 11 is 0. The summed E-state index contributed by atoms with van der Waals surface area (Å²) < 4.78 is 16.6. The molecular weight excluding hydrogens is 368 g/mol. The molecule has 0 spiro atoms. The third-order valence-electron chi connectivity index (χ3n) is 4.94. The van der Waals surface area contributed by atoms with Crippen LogP contribution in [0.3, 0.4) is 0 Å². The van der Waals surface area contributed by atoms with E-state index in [4.69, 9.17) is 14.2 Å². The van der Waals surface area contributed by atoms with E-state index in [1.807, 2.05) is 20.8 Å². The lowest BCUT2D eigenvalue weighted by molar-refractivity contribution is -0.193. The Morgan fingerprint density at radius 3 is 2.74 bits per heavy atom. The van der Waals surface area contributed by atoms with Gasteiger partial charge < -0.3 is 34.2 Å². The average Bonchev–Trinajstić information content (AvgIpc) is 2.86. The Hall–Kier alpha value is -1.81. The zero-order valence-corrected chi connectivity index (χ0v) is 16.6. The van der Waals surface area contributed by atoms with Gasteiger partial charge in [-0.05, 0) is 32.9 Å². The fraction of sp³-hybridized carbons (Fsp3) is 0.611. The number of aliphatic hydroxyl groups excluding tert-OH is 2. The lowest BCUT2D eigenvalue weighted by Crippen LogP contribution is -2.68. The molecular formula is C18H23N2O6Si. The molecule has 0 aliphatic carbocycles. The van der Waals surface area contributed by atoms with E-state index in [9.17, 15) is 15.0 Å². The maximum absolute atomic E-state index is 12.5. The molecule has 3 aliphatic rings. The van der Waals surface area contributed by atoms with Crippen molar-refractivity contribution in [3.05, 3.63) is 23.3 Å². The number of rotatable bonds is 0. The first-order chi connectivity index (χ1) is 12.6. The molecule has 4 rings (SSSR count). The van der Waals surface area contributed by atoms with Crippen molar-refractivity contribution in [2.75, 3.05) is 31.1 Å². The number of carbonyl (C=O) groups is 1. The van der Waals surface area contributed by atoms with E-state index in [2.05, 4.69) is 15.1 Å². The zero-order valence-electron chi connectivity index (χ0n) is 15.6. The summed E-state index contributed by atoms with van der Waals surface area (Å²) in [5.41, 5.74) is 1.14. The highest BCUT2D eigenvalue weighted by atomic mass is 28.1. The number of nitrogens with zero attached hydrogens (tertiary/aromatic N) is 2. The fourth-order valence-electron chi connectivity index (χ4n) is 3.78. The molecule has 3 atom stereocenters. The average molecular weight is 391 g/mol. The summed E-state index contributed by atoms with van der Waals surface area (Å²) in [7, 11) is 3.80. The highest BCUT2D eigenvalue weighted by Crippen LogP contribution is 2.50. The summed E-state index contributed by atoms with van der Waals surface area (Å²) in [6, 6.07) is 3.47. The van der Waals surface area contributed by atoms with Crippen molar-refractivity contribution >= 4 is 22.0 Å². The first kappa shape index (κ1) is 18.5. The van der Waals surface area contributed by atoms with Crippen molar-refractivity contribution in [1.82, 2.24) is 4.90 Å². The molecule has 8 nitrogen and oxygen atoms in total. The standard InChI is InChI=1S/C18H23N2O6Si/c1-17(2,3)26-16(23)19-6-7-20-13-11(24-9-18(20,27)8-19)5-4-10-12(13)15(22)25-14(10)21/h4-5,14-15,21-22H,6-9H2,1-3H3/t14?,15?,18-/m0/s1. The molecule has 3 aliphatic heterocycles. The van der Waals surface area contributed by atoms with Gasteiger partial charge in [0.1, 0.15) is 18.0 Å². The smallest absolute Gasteiger partial charge is 0.410 e. The van der Waals surface area contributed by atoms with Gasteiger partial charge in [0.25, 0.3) is 0 Å². The number of fused-ring (bicyclic) bond motifs is 5. The van der Waals surface area contributed by atoms with E-state index in [0.29, 0.717) is 48.8 Å². The second-order valence-corrected chi connectivity index (χ2v) is 9.06. The molecule has 2 unspecified atom stereocenters. The molecule has 9 heteroatoms. The van der Waals surface area contributed by atoms with Gasteiger partial charge in [-0.1, -0.05) is 0 Å². The summed E-state index contributed by atoms with van der Waals surface area (Å²) in [6.45, 7) is 7.14. The van der Waals surface area contributed by atoms with Gasteiger partial charge in [0, 0.05) is 30.8 Å². The number of piperazine rings is 1. The molecule has 3 radical (unpaired) electrons. The normalized spacial score (nSPS) is 29.6. The molecule has 2 N–H and O–H groups in total. The van der Waals surface area contributed by atoms with E-state index in [0.717, 1.165) is 0 Å². The van der Waals surface area contributed by atoms with Gasteiger partial charge in [-0.3, -0.25) is 0 Å². The van der Waals surface area contributed by atoms with Crippen molar-refractivity contribution < 1.29 is 29.2 Å². The van der Waals surface area contributed by atoms with Crippen LogP contribution in [0.1, 0.15) is 44.5 Å². The predicted octanol–water partition coefficient (Wildman–Crippen LogP) is 1.01. The minimum atomic E-state index is -1.23. The number of carbonyl (C=O) groups excluding carboxylic acids is 1. The Morgan fingerprint density at radius 2 is 2.04 bits per heavy atom. The molecule has 1 aromatic carbocycles. The number of ether oxygens (including phenoxy) is 3. The van der Waals surface area contributed by atoms with E-state index < -0.39 is 23.3 Å². The Labute approximate surface area is 161 Å². The second-order valence-electron chi connectivity index (χ2n) is 8.13. The van der Waals surface area contributed by atoms with Crippen LogP contribution in [0.2, 0.25) is 0 Å². The van der Waals surface area contributed by atoms with Crippen LogP contribution in [0, 0.1) is 0 Å². The lowest BCUT2D eigenvalue weighted by atomic mass is 10.00. The van der Waals surface area contributed by atoms with E-state index in [1.165, 1.54) is 0 Å². The lowest BCUT2D eigenvalue weighted by Gasteiger charge is -2.53. The number of benzene rings is 1. The van der Waals surface area contributed by atoms with E-state index in [-0.39, 0.29) is 6.09 Å². The van der Waals surface area contributed by atoms with Gasteiger partial charge in [-0.25, -0.2) is 4.79 Å². The monoisotopic (exact) mass is 391 g/mol. The van der Waals surface area contributed by atoms with Crippen LogP contribution in [-0.4, -0.2) is 68.5 Å². The van der Waals surface area contributed by atoms with Crippen molar-refractivity contribution in [3.63, 3.8) is 0 Å². The fourth-order valence-corrected chi connectivity index (χ4v) is 4.27. The SMILES string of the molecule is CC(C)(C)OC(=O)N1CCN2c3c(ccc4c3C(O)OC4O)OC[C@@]2([Si])C1. The largest absolute Gasteiger partial charge is 0.489 e. The number of hydrogen-bond acceptors (Lipinski definition) is 7. The summed E-state index contributed by atoms with van der Waals surface area (Å²) in [5, 5.41) is 19.6. The Balaban J connectivity index is 1.65. The van der Waals surface area contributed by atoms with Crippen LogP contribution in [0.25, 0.3) is 0 Å². The van der Waals surface area contributed by atoms with Gasteiger partial charge >= 0.3 is 6.09 Å². The van der Waals surface area contributed by atoms with Crippen molar-refractivity contribution in [3.8, 4) is 5.75 Å². The number of aliphatic hydroxyl groups is 2. The molecule has 1 aromatic rings. The number of hydrogen-bond donors (Lipinski definition) is 2. The topological polar surface area (TPSA) is 91.7 Å². The van der Waals surface area contributed by atoms with E-state index >= 15 is 0 Å². The third kappa shape index (κ3) is 3.08. The molecule has 3 heterocycles. The second kappa shape index (κ2) is 6.10. The maximum Gasteiger partial charge on any atom is 0.410 e. The van der Waals surface area contributed by atoms with Gasteiger partial charge in [-0.2, -0.15) is 0 Å². The molecule has 0 aromatic heterocycles. The molecule has 145 valence electrons. The molecule has 1 amide bonds. The molecule has 27 heavy (non-hydrogen) atoms. The van der Waals surface area contributed by atoms with Crippen molar-refractivity contribution in [2.45, 2.75) is 44.1 Å². The van der Waals surface area contributed by atoms with Crippen LogP contribution in [0.15, 0.2) is 12.1 Å². The van der Waals surface area contributed by atoms with Crippen LogP contribution >= 0.6 is 0 Å². The van der Waals surface area contributed by atoms with Gasteiger partial charge in [-0.15, -0.1) is 0 Å².